The molecule has 0 aliphatic rings. The normalized spacial score (nSPS) is 16.3. The van der Waals surface area contributed by atoms with E-state index in [1.54, 1.807) is 0 Å². The first kappa shape index (κ1) is 23.9. The fourth-order valence-electron chi connectivity index (χ4n) is 1.27. The molecule has 0 heterocycles. The zero-order chi connectivity index (χ0) is 20.9. The molecule has 1 nitrogen and oxygen atoms in total. The molecule has 152 valence electrons. The minimum atomic E-state index is -8.25. The zero-order valence-corrected chi connectivity index (χ0v) is 11.3. The van der Waals surface area contributed by atoms with Gasteiger partial charge < -0.3 is 4.74 Å². The molecule has 0 saturated heterocycles. The highest BCUT2D eigenvalue weighted by Crippen LogP contribution is 2.62. The van der Waals surface area contributed by atoms with Crippen molar-refractivity contribution < 1.29 is 70.6 Å². The number of rotatable bonds is 7. The Bertz CT molecular complexity index is 476. The van der Waals surface area contributed by atoms with Crippen molar-refractivity contribution in [2.75, 3.05) is 13.7 Å². The van der Waals surface area contributed by atoms with E-state index in [2.05, 4.69) is 4.74 Å². The van der Waals surface area contributed by atoms with Gasteiger partial charge in [-0.05, 0) is 0 Å². The molecule has 0 radical (unpaired) electrons. The van der Waals surface area contributed by atoms with Crippen LogP contribution in [0.4, 0.5) is 65.9 Å². The van der Waals surface area contributed by atoms with E-state index in [1.807, 2.05) is 0 Å². The van der Waals surface area contributed by atoms with Crippen molar-refractivity contribution in [2.45, 2.75) is 41.7 Å². The summed E-state index contributed by atoms with van der Waals surface area (Å²) in [4.78, 5) is 0. The largest absolute Gasteiger partial charge is 0.460 e. The fourth-order valence-corrected chi connectivity index (χ4v) is 1.27. The highest BCUT2D eigenvalue weighted by molar-refractivity contribution is 5.12. The van der Waals surface area contributed by atoms with E-state index >= 15 is 0 Å². The molecule has 25 heavy (non-hydrogen) atoms. The van der Waals surface area contributed by atoms with Crippen LogP contribution in [0, 0.1) is 0 Å². The molecule has 0 atom stereocenters. The summed E-state index contributed by atoms with van der Waals surface area (Å²) in [5, 5.41) is 0. The minimum Gasteiger partial charge on any atom is -0.378 e. The lowest BCUT2D eigenvalue weighted by Gasteiger charge is -2.41. The molecule has 0 bridgehead atoms. The lowest BCUT2D eigenvalue weighted by molar-refractivity contribution is -0.453. The van der Waals surface area contributed by atoms with E-state index in [4.69, 9.17) is 0 Å². The molecular formula is C9H5F15O. The summed E-state index contributed by atoms with van der Waals surface area (Å²) in [7, 11) is 0.159. The molecule has 0 unspecified atom stereocenters. The average molecular weight is 414 g/mol. The summed E-state index contributed by atoms with van der Waals surface area (Å²) in [6.07, 6.45) is -7.60. The van der Waals surface area contributed by atoms with Crippen molar-refractivity contribution in [3.8, 4) is 0 Å². The summed E-state index contributed by atoms with van der Waals surface area (Å²) in [5.41, 5.74) is 0. The molecule has 0 aliphatic carbocycles. The van der Waals surface area contributed by atoms with Crippen molar-refractivity contribution in [2.24, 2.45) is 0 Å². The number of hydrogen-bond acceptors (Lipinski definition) is 1. The van der Waals surface area contributed by atoms with Crippen LogP contribution in [0.2, 0.25) is 0 Å². The molecule has 16 heteroatoms. The lowest BCUT2D eigenvalue weighted by atomic mass is 9.91. The van der Waals surface area contributed by atoms with Gasteiger partial charge in [0, 0.05) is 7.11 Å². The van der Waals surface area contributed by atoms with Gasteiger partial charge in [-0.3, -0.25) is 0 Å². The second-order valence-electron chi connectivity index (χ2n) is 4.51. The molecule has 0 spiro atoms. The van der Waals surface area contributed by atoms with Crippen LogP contribution in [0.1, 0.15) is 0 Å². The van der Waals surface area contributed by atoms with Crippen LogP contribution >= 0.6 is 0 Å². The van der Waals surface area contributed by atoms with Crippen LogP contribution in [0.5, 0.6) is 0 Å². The van der Waals surface area contributed by atoms with Crippen molar-refractivity contribution in [1.29, 1.82) is 0 Å². The van der Waals surface area contributed by atoms with Crippen LogP contribution in [0.15, 0.2) is 0 Å². The van der Waals surface area contributed by atoms with E-state index in [9.17, 15) is 65.9 Å². The van der Waals surface area contributed by atoms with Gasteiger partial charge in [0.15, 0.2) is 0 Å². The Hall–Kier alpha value is -1.09. The average Bonchev–Trinajstić information content (AvgIpc) is 2.35. The van der Waals surface area contributed by atoms with E-state index in [-0.39, 0.29) is 7.11 Å². The maximum Gasteiger partial charge on any atom is 0.460 e. The number of hydrogen-bond donors (Lipinski definition) is 0. The molecule has 0 rings (SSSR count). The lowest BCUT2D eigenvalue weighted by Crippen LogP contribution is -2.73. The van der Waals surface area contributed by atoms with Gasteiger partial charge in [0.25, 0.3) is 0 Å². The highest BCUT2D eigenvalue weighted by atomic mass is 19.4. The van der Waals surface area contributed by atoms with Gasteiger partial charge >= 0.3 is 41.7 Å². The second-order valence-corrected chi connectivity index (χ2v) is 4.51. The number of methoxy groups -OCH3 is 1. The first-order chi connectivity index (χ1) is 10.6. The first-order valence-electron chi connectivity index (χ1n) is 5.39. The quantitative estimate of drug-likeness (QED) is 0.533. The van der Waals surface area contributed by atoms with Gasteiger partial charge in [-0.15, -0.1) is 0 Å². The van der Waals surface area contributed by atoms with Gasteiger partial charge in [0.1, 0.15) is 6.61 Å². The monoisotopic (exact) mass is 414 g/mol. The third-order valence-corrected chi connectivity index (χ3v) is 2.72. The van der Waals surface area contributed by atoms with Gasteiger partial charge in [0.05, 0.1) is 0 Å². The molecule has 0 aliphatic heterocycles. The van der Waals surface area contributed by atoms with Crippen molar-refractivity contribution in [1.82, 2.24) is 0 Å². The van der Waals surface area contributed by atoms with Gasteiger partial charge in [-0.25, -0.2) is 0 Å². The smallest absolute Gasteiger partial charge is 0.378 e. The third-order valence-electron chi connectivity index (χ3n) is 2.72. The number of ether oxygens (including phenoxy) is 1. The fraction of sp³-hybridized carbons (Fsp3) is 1.00. The van der Waals surface area contributed by atoms with Crippen LogP contribution in [-0.2, 0) is 4.74 Å². The van der Waals surface area contributed by atoms with Crippen LogP contribution in [-0.4, -0.2) is 55.4 Å². The maximum atomic E-state index is 13.0. The Morgan fingerprint density at radius 2 is 0.760 bits per heavy atom. The molecule has 0 amide bonds. The van der Waals surface area contributed by atoms with Crippen molar-refractivity contribution in [3.05, 3.63) is 0 Å². The summed E-state index contributed by atoms with van der Waals surface area (Å²) >= 11 is 0. The molecule has 0 aromatic rings. The molecule has 0 N–H and O–H groups in total. The Balaban J connectivity index is 6.40. The maximum absolute atomic E-state index is 13.0. The molecule has 0 saturated carbocycles. The summed E-state index contributed by atoms with van der Waals surface area (Å²) in [6.45, 7) is -2.77. The summed E-state index contributed by atoms with van der Waals surface area (Å²) in [6, 6.07) is 0. The Kier molecular flexibility index (Phi) is 5.71. The Morgan fingerprint density at radius 3 is 1.04 bits per heavy atom. The van der Waals surface area contributed by atoms with E-state index in [1.165, 1.54) is 0 Å². The van der Waals surface area contributed by atoms with E-state index < -0.39 is 48.3 Å². The van der Waals surface area contributed by atoms with Crippen LogP contribution in [0.3, 0.4) is 0 Å². The first-order valence-corrected chi connectivity index (χ1v) is 5.39. The van der Waals surface area contributed by atoms with E-state index in [0.717, 1.165) is 0 Å². The molecular weight excluding hydrogens is 409 g/mol. The predicted octanol–water partition coefficient (Wildman–Crippen LogP) is 5.01. The second kappa shape index (κ2) is 5.97. The highest BCUT2D eigenvalue weighted by Gasteiger charge is 2.93. The predicted molar refractivity (Wildman–Crippen MR) is 47.6 cm³/mol. The van der Waals surface area contributed by atoms with Crippen LogP contribution < -0.4 is 0 Å². The SMILES string of the molecule is COCC(F)(F)C(F)(F)C(F)(F)C(F)(F)C(F)(F)C(F)(F)C(F)(F)F. The van der Waals surface area contributed by atoms with Crippen LogP contribution in [0.25, 0.3) is 0 Å². The summed E-state index contributed by atoms with van der Waals surface area (Å²) < 4.78 is 192. The molecule has 0 aromatic carbocycles. The number of alkyl halides is 15. The van der Waals surface area contributed by atoms with Crippen molar-refractivity contribution >= 4 is 0 Å². The van der Waals surface area contributed by atoms with Crippen molar-refractivity contribution in [3.63, 3.8) is 0 Å². The summed E-state index contributed by atoms with van der Waals surface area (Å²) in [5.74, 6) is -46.3. The Morgan fingerprint density at radius 1 is 0.480 bits per heavy atom. The number of halogens is 15. The minimum absolute atomic E-state index is 0.159. The standard InChI is InChI=1S/C9H5F15O/c1-25-2-3(10,11)4(12,13)5(14,15)6(16,17)7(18,19)8(20,21)9(22,23)24/h2H2,1H3. The van der Waals surface area contributed by atoms with Gasteiger partial charge in [-0.1, -0.05) is 0 Å². The molecule has 0 fully saturated rings. The van der Waals surface area contributed by atoms with Gasteiger partial charge in [-0.2, -0.15) is 65.9 Å². The zero-order valence-electron chi connectivity index (χ0n) is 11.3. The third kappa shape index (κ3) is 3.09. The van der Waals surface area contributed by atoms with E-state index in [0.29, 0.717) is 0 Å². The van der Waals surface area contributed by atoms with Gasteiger partial charge in [0.2, 0.25) is 0 Å². The topological polar surface area (TPSA) is 9.23 Å². The Labute approximate surface area is 127 Å². The molecule has 0 aromatic heterocycles.